The zero-order valence-electron chi connectivity index (χ0n) is 12.6. The van der Waals surface area contributed by atoms with Crippen molar-refractivity contribution in [2.24, 2.45) is 11.8 Å². The van der Waals surface area contributed by atoms with Crippen molar-refractivity contribution in [2.75, 3.05) is 25.7 Å². The predicted molar refractivity (Wildman–Crippen MR) is 82.2 cm³/mol. The molecule has 0 amide bonds. The average molecular weight is 326 g/mol. The van der Waals surface area contributed by atoms with Gasteiger partial charge in [-0.25, -0.2) is 4.39 Å². The largest absolute Gasteiger partial charge is 0.349 e. The van der Waals surface area contributed by atoms with Crippen LogP contribution in [0.15, 0.2) is 24.3 Å². The van der Waals surface area contributed by atoms with Crippen LogP contribution >= 0.6 is 11.8 Å². The van der Waals surface area contributed by atoms with Crippen LogP contribution in [-0.4, -0.2) is 43.6 Å². The molecule has 2 rings (SSSR count). The van der Waals surface area contributed by atoms with Gasteiger partial charge in [0, 0.05) is 31.6 Å². The molecule has 0 radical (unpaired) electrons. The highest BCUT2D eigenvalue weighted by atomic mass is 32.2. The van der Waals surface area contributed by atoms with Crippen LogP contribution in [0.4, 0.5) is 4.39 Å². The minimum Gasteiger partial charge on any atom is -0.349 e. The number of Topliss-reactive ketones (excluding diaryl/α,β-unsaturated/α-hetero) is 2. The smallest absolute Gasteiger partial charge is 0.218 e. The Labute approximate surface area is 133 Å². The lowest BCUT2D eigenvalue weighted by atomic mass is 9.87. The predicted octanol–water partition coefficient (Wildman–Crippen LogP) is 2.10. The van der Waals surface area contributed by atoms with E-state index in [2.05, 4.69) is 0 Å². The Morgan fingerprint density at radius 2 is 1.91 bits per heavy atom. The van der Waals surface area contributed by atoms with Crippen molar-refractivity contribution in [2.45, 2.75) is 12.7 Å². The number of benzene rings is 1. The number of methoxy groups -OCH3 is 2. The fourth-order valence-corrected chi connectivity index (χ4v) is 3.82. The van der Waals surface area contributed by atoms with Crippen molar-refractivity contribution >= 4 is 23.3 Å². The van der Waals surface area contributed by atoms with E-state index in [1.54, 1.807) is 23.9 Å². The highest BCUT2D eigenvalue weighted by Gasteiger charge is 2.39. The minimum atomic E-state index is -1.00. The van der Waals surface area contributed by atoms with E-state index in [0.717, 1.165) is 5.56 Å². The van der Waals surface area contributed by atoms with Crippen LogP contribution in [0.3, 0.4) is 0 Å². The molecule has 0 aromatic heterocycles. The number of halogens is 1. The Morgan fingerprint density at radius 3 is 2.50 bits per heavy atom. The molecular formula is C16H19FO4S. The number of ketones is 2. The first-order valence-corrected chi connectivity index (χ1v) is 8.17. The van der Waals surface area contributed by atoms with Crippen LogP contribution in [0.1, 0.15) is 5.56 Å². The van der Waals surface area contributed by atoms with Crippen molar-refractivity contribution in [3.63, 3.8) is 0 Å². The summed E-state index contributed by atoms with van der Waals surface area (Å²) < 4.78 is 22.8. The Balaban J connectivity index is 2.06. The fourth-order valence-electron chi connectivity index (χ4n) is 2.56. The second kappa shape index (κ2) is 7.85. The molecule has 6 heteroatoms. The van der Waals surface area contributed by atoms with Crippen LogP contribution in [0.5, 0.6) is 0 Å². The summed E-state index contributed by atoms with van der Waals surface area (Å²) in [7, 11) is 2.75. The number of hydrogen-bond donors (Lipinski definition) is 0. The number of hydrogen-bond acceptors (Lipinski definition) is 5. The zero-order valence-corrected chi connectivity index (χ0v) is 13.4. The van der Waals surface area contributed by atoms with E-state index in [1.165, 1.54) is 26.4 Å². The molecule has 2 atom stereocenters. The second-order valence-electron chi connectivity index (χ2n) is 5.23. The molecule has 2 unspecified atom stereocenters. The van der Waals surface area contributed by atoms with Crippen molar-refractivity contribution in [3.05, 3.63) is 35.6 Å². The Kier molecular flexibility index (Phi) is 6.11. The van der Waals surface area contributed by atoms with Gasteiger partial charge in [0.2, 0.25) is 6.29 Å². The maximum absolute atomic E-state index is 12.9. The summed E-state index contributed by atoms with van der Waals surface area (Å²) in [5.74, 6) is -0.518. The quantitative estimate of drug-likeness (QED) is 0.592. The first-order chi connectivity index (χ1) is 10.6. The summed E-state index contributed by atoms with van der Waals surface area (Å²) >= 11 is 1.58. The van der Waals surface area contributed by atoms with E-state index in [4.69, 9.17) is 9.47 Å². The lowest BCUT2D eigenvalue weighted by Crippen LogP contribution is -2.43. The Hall–Kier alpha value is -1.24. The fraction of sp³-hybridized carbons (Fsp3) is 0.500. The monoisotopic (exact) mass is 326 g/mol. The van der Waals surface area contributed by atoms with Gasteiger partial charge < -0.3 is 9.47 Å². The number of carbonyl (C=O) groups excluding carboxylic acids is 2. The Morgan fingerprint density at radius 1 is 1.27 bits per heavy atom. The van der Waals surface area contributed by atoms with Crippen molar-refractivity contribution in [1.29, 1.82) is 0 Å². The molecule has 1 aliphatic heterocycles. The molecule has 0 saturated carbocycles. The highest BCUT2D eigenvalue weighted by molar-refractivity contribution is 7.99. The van der Waals surface area contributed by atoms with E-state index in [0.29, 0.717) is 17.9 Å². The maximum Gasteiger partial charge on any atom is 0.218 e. The molecule has 1 aliphatic rings. The third kappa shape index (κ3) is 3.94. The second-order valence-corrected chi connectivity index (χ2v) is 6.30. The Bertz CT molecular complexity index is 527. The molecule has 1 fully saturated rings. The highest BCUT2D eigenvalue weighted by Crippen LogP contribution is 2.29. The average Bonchev–Trinajstić information content (AvgIpc) is 2.52. The van der Waals surface area contributed by atoms with Crippen molar-refractivity contribution < 1.29 is 23.5 Å². The lowest BCUT2D eigenvalue weighted by molar-refractivity contribution is -0.162. The summed E-state index contributed by atoms with van der Waals surface area (Å²) in [6.45, 7) is 0. The molecule has 1 heterocycles. The van der Waals surface area contributed by atoms with E-state index in [9.17, 15) is 14.0 Å². The van der Waals surface area contributed by atoms with Gasteiger partial charge in [0.05, 0.1) is 5.92 Å². The molecule has 0 N–H and O–H groups in total. The van der Waals surface area contributed by atoms with Gasteiger partial charge in [-0.3, -0.25) is 9.59 Å². The molecule has 120 valence electrons. The van der Waals surface area contributed by atoms with E-state index in [-0.39, 0.29) is 23.3 Å². The van der Waals surface area contributed by atoms with Crippen LogP contribution in [-0.2, 0) is 25.5 Å². The summed E-state index contributed by atoms with van der Waals surface area (Å²) in [6.07, 6.45) is -0.486. The lowest BCUT2D eigenvalue weighted by Gasteiger charge is -2.28. The van der Waals surface area contributed by atoms with Crippen LogP contribution in [0.25, 0.3) is 0 Å². The summed E-state index contributed by atoms with van der Waals surface area (Å²) in [5.41, 5.74) is 0.892. The zero-order chi connectivity index (χ0) is 16.1. The molecule has 1 aromatic carbocycles. The van der Waals surface area contributed by atoms with E-state index >= 15 is 0 Å². The molecular weight excluding hydrogens is 307 g/mol. The molecule has 22 heavy (non-hydrogen) atoms. The van der Waals surface area contributed by atoms with Crippen LogP contribution < -0.4 is 0 Å². The third-order valence-electron chi connectivity index (χ3n) is 3.75. The van der Waals surface area contributed by atoms with Gasteiger partial charge in [-0.2, -0.15) is 11.8 Å². The van der Waals surface area contributed by atoms with Gasteiger partial charge in [-0.05, 0) is 24.1 Å². The summed E-state index contributed by atoms with van der Waals surface area (Å²) in [6, 6.07) is 6.10. The van der Waals surface area contributed by atoms with E-state index < -0.39 is 12.2 Å². The van der Waals surface area contributed by atoms with Gasteiger partial charge in [-0.1, -0.05) is 12.1 Å². The van der Waals surface area contributed by atoms with Crippen molar-refractivity contribution in [1.82, 2.24) is 0 Å². The van der Waals surface area contributed by atoms with Crippen LogP contribution in [0, 0.1) is 17.7 Å². The van der Waals surface area contributed by atoms with E-state index in [1.807, 2.05) is 0 Å². The minimum absolute atomic E-state index is 0.0767. The normalized spacial score (nSPS) is 22.1. The van der Waals surface area contributed by atoms with Crippen molar-refractivity contribution in [3.8, 4) is 0 Å². The van der Waals surface area contributed by atoms with Gasteiger partial charge in [0.15, 0.2) is 5.78 Å². The molecule has 4 nitrogen and oxygen atoms in total. The number of thioether (sulfide) groups is 1. The van der Waals surface area contributed by atoms with Gasteiger partial charge >= 0.3 is 0 Å². The molecule has 1 saturated heterocycles. The number of ether oxygens (including phenoxy) is 2. The topological polar surface area (TPSA) is 52.6 Å². The van der Waals surface area contributed by atoms with Gasteiger partial charge in [0.25, 0.3) is 0 Å². The first-order valence-electron chi connectivity index (χ1n) is 7.02. The SMILES string of the molecule is COC(OC)C(=O)C1CSCC(Cc2ccc(F)cc2)C1=O. The first kappa shape index (κ1) is 17.1. The van der Waals surface area contributed by atoms with Gasteiger partial charge in [0.1, 0.15) is 11.6 Å². The maximum atomic E-state index is 12.9. The van der Waals surface area contributed by atoms with Crippen LogP contribution in [0.2, 0.25) is 0 Å². The molecule has 0 spiro atoms. The van der Waals surface area contributed by atoms with Gasteiger partial charge in [-0.15, -0.1) is 0 Å². The third-order valence-corrected chi connectivity index (χ3v) is 4.96. The molecule has 1 aromatic rings. The molecule has 0 aliphatic carbocycles. The number of rotatable bonds is 6. The standard InChI is InChI=1S/C16H19FO4S/c1-20-16(21-2)15(19)13-9-22-8-11(14(13)18)7-10-3-5-12(17)6-4-10/h3-6,11,13,16H,7-9H2,1-2H3. The molecule has 0 bridgehead atoms. The number of carbonyl (C=O) groups is 2. The summed E-state index contributed by atoms with van der Waals surface area (Å²) in [4.78, 5) is 24.8. The summed E-state index contributed by atoms with van der Waals surface area (Å²) in [5, 5.41) is 0.